The Morgan fingerprint density at radius 1 is 0.871 bits per heavy atom. The zero-order valence-electron chi connectivity index (χ0n) is 18.1. The van der Waals surface area contributed by atoms with E-state index in [0.717, 1.165) is 59.9 Å². The molecule has 0 radical (unpaired) electrons. The molecule has 0 bridgehead atoms. The van der Waals surface area contributed by atoms with Crippen LogP contribution in [0.1, 0.15) is 41.9 Å². The van der Waals surface area contributed by atoms with Gasteiger partial charge < -0.3 is 9.47 Å². The van der Waals surface area contributed by atoms with Gasteiger partial charge in [-0.15, -0.1) is 0 Å². The lowest BCUT2D eigenvalue weighted by molar-refractivity contribution is 0.405. The van der Waals surface area contributed by atoms with Gasteiger partial charge in [-0.1, -0.05) is 42.5 Å². The van der Waals surface area contributed by atoms with Crippen LogP contribution in [-0.2, 0) is 12.8 Å². The molecule has 1 atom stereocenters. The van der Waals surface area contributed by atoms with Crippen LogP contribution in [0.3, 0.4) is 0 Å². The van der Waals surface area contributed by atoms with Crippen molar-refractivity contribution < 1.29 is 13.9 Å². The summed E-state index contributed by atoms with van der Waals surface area (Å²) in [5.41, 5.74) is 3.65. The number of rotatable bonds is 5. The highest BCUT2D eigenvalue weighted by atomic mass is 19.1. The maximum atomic E-state index is 14.1. The van der Waals surface area contributed by atoms with Gasteiger partial charge in [-0.3, -0.25) is 0 Å². The number of ether oxygens (including phenoxy) is 2. The number of methoxy groups -OCH3 is 2. The van der Waals surface area contributed by atoms with Gasteiger partial charge >= 0.3 is 0 Å². The summed E-state index contributed by atoms with van der Waals surface area (Å²) in [5.74, 6) is 2.04. The summed E-state index contributed by atoms with van der Waals surface area (Å²) in [7, 11) is 3.42. The number of hydrogen-bond acceptors (Lipinski definition) is 2. The van der Waals surface area contributed by atoms with Crippen molar-refractivity contribution in [2.75, 3.05) is 14.2 Å². The molecule has 4 aromatic rings. The quantitative estimate of drug-likeness (QED) is 0.321. The van der Waals surface area contributed by atoms with Crippen molar-refractivity contribution in [1.82, 2.24) is 0 Å². The Kier molecular flexibility index (Phi) is 5.27. The smallest absolute Gasteiger partial charge is 0.131 e. The molecule has 0 saturated carbocycles. The van der Waals surface area contributed by atoms with Crippen LogP contribution in [0.25, 0.3) is 21.5 Å². The van der Waals surface area contributed by atoms with Gasteiger partial charge in [0.1, 0.15) is 17.3 Å². The van der Waals surface area contributed by atoms with Crippen molar-refractivity contribution >= 4 is 21.5 Å². The summed E-state index contributed by atoms with van der Waals surface area (Å²) in [4.78, 5) is 0. The molecule has 31 heavy (non-hydrogen) atoms. The van der Waals surface area contributed by atoms with Gasteiger partial charge in [0, 0.05) is 0 Å². The summed E-state index contributed by atoms with van der Waals surface area (Å²) in [5, 5.41) is 4.69. The first-order chi connectivity index (χ1) is 15.2. The zero-order chi connectivity index (χ0) is 21.4. The van der Waals surface area contributed by atoms with E-state index in [1.54, 1.807) is 26.4 Å². The third-order valence-electron chi connectivity index (χ3n) is 6.81. The number of halogens is 1. The third kappa shape index (κ3) is 3.42. The second-order valence-corrected chi connectivity index (χ2v) is 8.41. The van der Waals surface area contributed by atoms with Crippen LogP contribution >= 0.6 is 0 Å². The topological polar surface area (TPSA) is 18.5 Å². The second-order valence-electron chi connectivity index (χ2n) is 8.41. The SMILES string of the molecule is COc1cccc2c1c(OC)cc1c3c(ccc12)C(CCc1ccccc1F)CCC3. The highest BCUT2D eigenvalue weighted by Crippen LogP contribution is 2.44. The van der Waals surface area contributed by atoms with Gasteiger partial charge in [0.2, 0.25) is 0 Å². The average molecular weight is 415 g/mol. The first-order valence-corrected chi connectivity index (χ1v) is 11.0. The zero-order valence-corrected chi connectivity index (χ0v) is 18.1. The molecule has 0 heterocycles. The van der Waals surface area contributed by atoms with Crippen LogP contribution in [-0.4, -0.2) is 14.2 Å². The van der Waals surface area contributed by atoms with Crippen LogP contribution in [0.4, 0.5) is 4.39 Å². The lowest BCUT2D eigenvalue weighted by Gasteiger charge is -2.27. The minimum absolute atomic E-state index is 0.0952. The third-order valence-corrected chi connectivity index (χ3v) is 6.81. The molecule has 0 aliphatic heterocycles. The molecule has 0 aromatic heterocycles. The molecule has 0 amide bonds. The maximum Gasteiger partial charge on any atom is 0.131 e. The molecule has 3 heteroatoms. The number of benzene rings is 4. The van der Waals surface area contributed by atoms with Gasteiger partial charge in [-0.2, -0.15) is 0 Å². The van der Waals surface area contributed by atoms with Crippen LogP contribution in [0.5, 0.6) is 11.5 Å². The largest absolute Gasteiger partial charge is 0.496 e. The molecule has 0 saturated heterocycles. The van der Waals surface area contributed by atoms with Gasteiger partial charge in [0.15, 0.2) is 0 Å². The van der Waals surface area contributed by atoms with Gasteiger partial charge in [-0.25, -0.2) is 4.39 Å². The molecule has 1 aliphatic rings. The average Bonchev–Trinajstić information content (AvgIpc) is 2.82. The molecule has 0 spiro atoms. The second kappa shape index (κ2) is 8.22. The number of aryl methyl sites for hydroxylation is 2. The normalized spacial score (nSPS) is 15.8. The van der Waals surface area contributed by atoms with E-state index in [1.807, 2.05) is 24.3 Å². The fourth-order valence-electron chi connectivity index (χ4n) is 5.30. The van der Waals surface area contributed by atoms with Crippen molar-refractivity contribution in [2.24, 2.45) is 0 Å². The Bertz CT molecular complexity index is 1260. The van der Waals surface area contributed by atoms with Crippen molar-refractivity contribution in [1.29, 1.82) is 0 Å². The first-order valence-electron chi connectivity index (χ1n) is 11.0. The summed E-state index contributed by atoms with van der Waals surface area (Å²) in [6, 6.07) is 20.0. The number of hydrogen-bond donors (Lipinski definition) is 0. The molecule has 158 valence electrons. The fourth-order valence-corrected chi connectivity index (χ4v) is 5.30. The minimum atomic E-state index is -0.0952. The molecule has 2 nitrogen and oxygen atoms in total. The van der Waals surface area contributed by atoms with Crippen molar-refractivity contribution in [3.63, 3.8) is 0 Å². The molecule has 4 aromatic carbocycles. The minimum Gasteiger partial charge on any atom is -0.496 e. The number of fused-ring (bicyclic) bond motifs is 5. The summed E-state index contributed by atoms with van der Waals surface area (Å²) in [6.07, 6.45) is 5.13. The lowest BCUT2D eigenvalue weighted by atomic mass is 9.77. The van der Waals surface area contributed by atoms with E-state index < -0.39 is 0 Å². The van der Waals surface area contributed by atoms with E-state index in [0.29, 0.717) is 5.92 Å². The van der Waals surface area contributed by atoms with Crippen LogP contribution in [0.15, 0.2) is 60.7 Å². The predicted octanol–water partition coefficient (Wildman–Crippen LogP) is 7.20. The van der Waals surface area contributed by atoms with Crippen molar-refractivity contribution in [2.45, 2.75) is 38.0 Å². The van der Waals surface area contributed by atoms with Crippen LogP contribution in [0.2, 0.25) is 0 Å². The van der Waals surface area contributed by atoms with Gasteiger partial charge in [-0.05, 0) is 89.1 Å². The molecule has 5 rings (SSSR count). The van der Waals surface area contributed by atoms with Crippen molar-refractivity contribution in [3.05, 3.63) is 83.2 Å². The Morgan fingerprint density at radius 3 is 2.52 bits per heavy atom. The molecule has 1 unspecified atom stereocenters. The summed E-state index contributed by atoms with van der Waals surface area (Å²) >= 11 is 0. The van der Waals surface area contributed by atoms with E-state index >= 15 is 0 Å². The molecule has 0 N–H and O–H groups in total. The van der Waals surface area contributed by atoms with Gasteiger partial charge in [0.25, 0.3) is 0 Å². The van der Waals surface area contributed by atoms with E-state index in [4.69, 9.17) is 9.47 Å². The summed E-state index contributed by atoms with van der Waals surface area (Å²) in [6.45, 7) is 0. The molecular weight excluding hydrogens is 387 g/mol. The van der Waals surface area contributed by atoms with Crippen molar-refractivity contribution in [3.8, 4) is 11.5 Å². The maximum absolute atomic E-state index is 14.1. The van der Waals surface area contributed by atoms with E-state index in [-0.39, 0.29) is 5.82 Å². The Hall–Kier alpha value is -3.07. The van der Waals surface area contributed by atoms with Gasteiger partial charge in [0.05, 0.1) is 19.6 Å². The Balaban J connectivity index is 1.60. The Morgan fingerprint density at radius 2 is 1.71 bits per heavy atom. The monoisotopic (exact) mass is 414 g/mol. The summed E-state index contributed by atoms with van der Waals surface area (Å²) < 4.78 is 25.5. The van der Waals surface area contributed by atoms with E-state index in [2.05, 4.69) is 24.3 Å². The van der Waals surface area contributed by atoms with E-state index in [1.165, 1.54) is 21.9 Å². The standard InChI is InChI=1S/C28H27FO2/c1-30-26-12-6-10-23-22-16-15-20-18(13-14-19-7-3-4-11-25(19)29)8-5-9-21(20)24(22)17-27(31-2)28(23)26/h3-4,6-7,10-12,15-18H,5,8-9,13-14H2,1-2H3. The fraction of sp³-hybridized carbons (Fsp3) is 0.286. The van der Waals surface area contributed by atoms with E-state index in [9.17, 15) is 4.39 Å². The molecule has 0 fully saturated rings. The first kappa shape index (κ1) is 19.9. The highest BCUT2D eigenvalue weighted by molar-refractivity contribution is 6.13. The Labute approximate surface area is 182 Å². The highest BCUT2D eigenvalue weighted by Gasteiger charge is 2.24. The van der Waals surface area contributed by atoms with Crippen LogP contribution < -0.4 is 9.47 Å². The molecule has 1 aliphatic carbocycles. The predicted molar refractivity (Wildman–Crippen MR) is 125 cm³/mol. The van der Waals surface area contributed by atoms with Crippen LogP contribution in [0, 0.1) is 5.82 Å². The molecular formula is C28H27FO2. The lowest BCUT2D eigenvalue weighted by Crippen LogP contribution is -2.11.